The van der Waals surface area contributed by atoms with Crippen molar-refractivity contribution in [3.8, 4) is 0 Å². The van der Waals surface area contributed by atoms with Gasteiger partial charge in [0.15, 0.2) is 0 Å². The summed E-state index contributed by atoms with van der Waals surface area (Å²) >= 11 is 1.37. The number of nitrogens with zero attached hydrogens (tertiary/aromatic N) is 1. The van der Waals surface area contributed by atoms with Crippen LogP contribution in [-0.2, 0) is 16.2 Å². The number of hydrogen-bond donors (Lipinski definition) is 4. The predicted octanol–water partition coefficient (Wildman–Crippen LogP) is 3.80. The van der Waals surface area contributed by atoms with E-state index in [0.29, 0.717) is 23.5 Å². The molecule has 1 amide bonds. The summed E-state index contributed by atoms with van der Waals surface area (Å²) in [6.07, 6.45) is 6.78. The van der Waals surface area contributed by atoms with Gasteiger partial charge in [0.25, 0.3) is 0 Å². The van der Waals surface area contributed by atoms with Crippen molar-refractivity contribution in [2.45, 2.75) is 85.7 Å². The molecule has 0 saturated carbocycles. The zero-order valence-electron chi connectivity index (χ0n) is 21.6. The van der Waals surface area contributed by atoms with Gasteiger partial charge in [-0.1, -0.05) is 51.5 Å². The molecule has 0 fully saturated rings. The fourth-order valence-electron chi connectivity index (χ4n) is 4.22. The standard InChI is InChI=1S/C27H40N2O5S/c1-16-8-7-9-17(2)25(33)19(4)26(34)27(5,6)22(31)13-23(32)29-21(11-10-16)18(3)12-20-15-35-24(14-30)28-20/h7-8,10,12,15,17,19,21-22,25,30-31,33H,9,11,13-14H2,1-6H3,(H,29,32)/b8-7+,16-10-,18-12+/t17-,19+,21-,22-,25?/m0/s1. The second-order valence-electron chi connectivity index (χ2n) is 10.2. The minimum atomic E-state index is -1.19. The Kier molecular flexibility index (Phi) is 10.6. The van der Waals surface area contributed by atoms with Gasteiger partial charge in [-0.25, -0.2) is 4.98 Å². The van der Waals surface area contributed by atoms with Crippen LogP contribution < -0.4 is 5.32 Å². The van der Waals surface area contributed by atoms with Gasteiger partial charge in [-0.05, 0) is 44.3 Å². The Labute approximate surface area is 212 Å². The topological polar surface area (TPSA) is 120 Å². The first kappa shape index (κ1) is 29.1. The summed E-state index contributed by atoms with van der Waals surface area (Å²) < 4.78 is 0. The van der Waals surface area contributed by atoms with Gasteiger partial charge < -0.3 is 20.6 Å². The zero-order chi connectivity index (χ0) is 26.3. The first-order valence-corrected chi connectivity index (χ1v) is 13.0. The highest BCUT2D eigenvalue weighted by Crippen LogP contribution is 2.31. The number of carbonyl (C=O) groups excluding carboxylic acids is 2. The van der Waals surface area contributed by atoms with Crippen LogP contribution in [0.1, 0.15) is 71.5 Å². The molecule has 0 aromatic carbocycles. The van der Waals surface area contributed by atoms with Gasteiger partial charge in [-0.2, -0.15) is 0 Å². The van der Waals surface area contributed by atoms with E-state index in [0.717, 1.165) is 11.1 Å². The van der Waals surface area contributed by atoms with Crippen molar-refractivity contribution in [2.24, 2.45) is 17.3 Å². The smallest absolute Gasteiger partial charge is 0.223 e. The number of aliphatic hydroxyl groups excluding tert-OH is 3. The van der Waals surface area contributed by atoms with Crippen molar-refractivity contribution < 1.29 is 24.9 Å². The van der Waals surface area contributed by atoms with Crippen molar-refractivity contribution >= 4 is 29.1 Å². The van der Waals surface area contributed by atoms with E-state index < -0.39 is 23.5 Å². The number of Topliss-reactive ketones (excluding diaryl/α,β-unsaturated/α-hetero) is 1. The van der Waals surface area contributed by atoms with Crippen molar-refractivity contribution in [2.75, 3.05) is 0 Å². The molecule has 2 heterocycles. The number of nitrogens with one attached hydrogen (secondary N) is 1. The highest BCUT2D eigenvalue weighted by Gasteiger charge is 2.42. The SMILES string of the molecule is CC1=C/C[C@@H](/C(C)=C/c2csc(CO)n2)NC(=O)C[C@H](O)C(C)(C)C(=O)[C@H](C)C(O)[C@@H](C)C\C=C\1. The Bertz CT molecular complexity index is 978. The summed E-state index contributed by atoms with van der Waals surface area (Å²) in [7, 11) is 0. The fraction of sp³-hybridized carbons (Fsp3) is 0.593. The molecular formula is C27H40N2O5S. The molecule has 0 saturated heterocycles. The van der Waals surface area contributed by atoms with Crippen LogP contribution in [0.25, 0.3) is 6.08 Å². The van der Waals surface area contributed by atoms with Crippen molar-refractivity contribution in [1.29, 1.82) is 0 Å². The van der Waals surface area contributed by atoms with E-state index in [1.165, 1.54) is 11.3 Å². The molecule has 35 heavy (non-hydrogen) atoms. The molecule has 0 radical (unpaired) electrons. The molecule has 1 aliphatic rings. The Morgan fingerprint density at radius 1 is 1.26 bits per heavy atom. The van der Waals surface area contributed by atoms with E-state index in [2.05, 4.69) is 10.3 Å². The van der Waals surface area contributed by atoms with Crippen LogP contribution in [0.15, 0.2) is 34.8 Å². The first-order chi connectivity index (χ1) is 16.4. The maximum atomic E-state index is 13.2. The van der Waals surface area contributed by atoms with Crippen LogP contribution in [-0.4, -0.2) is 50.2 Å². The van der Waals surface area contributed by atoms with Crippen molar-refractivity contribution in [3.63, 3.8) is 0 Å². The molecule has 1 unspecified atom stereocenters. The number of aromatic nitrogens is 1. The Morgan fingerprint density at radius 3 is 2.57 bits per heavy atom. The number of carbonyl (C=O) groups is 2. The monoisotopic (exact) mass is 504 g/mol. The van der Waals surface area contributed by atoms with Crippen LogP contribution in [0.3, 0.4) is 0 Å². The zero-order valence-corrected chi connectivity index (χ0v) is 22.4. The van der Waals surface area contributed by atoms with Crippen molar-refractivity contribution in [1.82, 2.24) is 10.3 Å². The molecule has 1 aromatic heterocycles. The molecule has 2 rings (SSSR count). The van der Waals surface area contributed by atoms with E-state index in [9.17, 15) is 24.9 Å². The third-order valence-corrected chi connectivity index (χ3v) is 7.74. The fourth-order valence-corrected chi connectivity index (χ4v) is 4.83. The number of aliphatic hydroxyl groups is 3. The molecule has 0 aliphatic carbocycles. The average Bonchev–Trinajstić information content (AvgIpc) is 3.26. The van der Waals surface area contributed by atoms with Crippen molar-refractivity contribution in [3.05, 3.63) is 45.5 Å². The number of amides is 1. The summed E-state index contributed by atoms with van der Waals surface area (Å²) in [6.45, 7) is 10.6. The molecule has 1 aliphatic heterocycles. The second kappa shape index (κ2) is 12.7. The van der Waals surface area contributed by atoms with Crippen LogP contribution in [0.2, 0.25) is 0 Å². The molecule has 5 atom stereocenters. The first-order valence-electron chi connectivity index (χ1n) is 12.1. The third-order valence-electron chi connectivity index (χ3n) is 6.89. The summed E-state index contributed by atoms with van der Waals surface area (Å²) in [5.74, 6) is -1.43. The van der Waals surface area contributed by atoms with Gasteiger partial charge in [0, 0.05) is 11.3 Å². The quantitative estimate of drug-likeness (QED) is 0.497. The summed E-state index contributed by atoms with van der Waals surface area (Å²) in [5, 5.41) is 36.4. The van der Waals surface area contributed by atoms with Gasteiger partial charge in [-0.15, -0.1) is 11.3 Å². The predicted molar refractivity (Wildman–Crippen MR) is 139 cm³/mol. The Balaban J connectivity index is 2.37. The van der Waals surface area contributed by atoms with Gasteiger partial charge in [0.2, 0.25) is 5.91 Å². The van der Waals surface area contributed by atoms with Gasteiger partial charge in [-0.3, -0.25) is 9.59 Å². The van der Waals surface area contributed by atoms with Gasteiger partial charge in [0.1, 0.15) is 10.8 Å². The molecule has 0 bridgehead atoms. The minimum absolute atomic E-state index is 0.118. The normalized spacial score (nSPS) is 32.0. The largest absolute Gasteiger partial charge is 0.392 e. The summed E-state index contributed by atoms with van der Waals surface area (Å²) in [4.78, 5) is 30.5. The summed E-state index contributed by atoms with van der Waals surface area (Å²) in [5.41, 5.74) is 1.43. The minimum Gasteiger partial charge on any atom is -0.392 e. The lowest BCUT2D eigenvalue weighted by molar-refractivity contribution is -0.143. The molecule has 8 heteroatoms. The molecule has 4 N–H and O–H groups in total. The van der Waals surface area contributed by atoms with Gasteiger partial charge in [0.05, 0.1) is 42.4 Å². The number of ketones is 1. The number of allylic oxidation sites excluding steroid dienone is 3. The van der Waals surface area contributed by atoms with E-state index in [-0.39, 0.29) is 36.7 Å². The molecular weight excluding hydrogens is 464 g/mol. The lowest BCUT2D eigenvalue weighted by atomic mass is 9.73. The molecule has 1 aromatic rings. The molecule has 194 valence electrons. The lowest BCUT2D eigenvalue weighted by Crippen LogP contribution is -2.47. The number of thiazole rings is 1. The Morgan fingerprint density at radius 2 is 1.94 bits per heavy atom. The average molecular weight is 505 g/mol. The van der Waals surface area contributed by atoms with Crippen LogP contribution in [0.4, 0.5) is 0 Å². The second-order valence-corrected chi connectivity index (χ2v) is 11.2. The van der Waals surface area contributed by atoms with E-state index in [1.807, 2.05) is 50.5 Å². The lowest BCUT2D eigenvalue weighted by Gasteiger charge is -2.34. The van der Waals surface area contributed by atoms with Crippen LogP contribution >= 0.6 is 11.3 Å². The van der Waals surface area contributed by atoms with E-state index >= 15 is 0 Å². The maximum absolute atomic E-state index is 13.2. The maximum Gasteiger partial charge on any atom is 0.223 e. The molecule has 0 spiro atoms. The number of hydrogen-bond acceptors (Lipinski definition) is 7. The van der Waals surface area contributed by atoms with E-state index in [4.69, 9.17) is 0 Å². The van der Waals surface area contributed by atoms with Gasteiger partial charge >= 0.3 is 0 Å². The number of rotatable bonds is 3. The third kappa shape index (κ3) is 7.93. The van der Waals surface area contributed by atoms with Crippen LogP contribution in [0, 0.1) is 17.3 Å². The highest BCUT2D eigenvalue weighted by molar-refractivity contribution is 7.09. The van der Waals surface area contributed by atoms with Crippen LogP contribution in [0.5, 0.6) is 0 Å². The highest BCUT2D eigenvalue weighted by atomic mass is 32.1. The Hall–Kier alpha value is -2.13. The van der Waals surface area contributed by atoms with E-state index in [1.54, 1.807) is 20.8 Å². The summed E-state index contributed by atoms with van der Waals surface area (Å²) in [6, 6.07) is -0.330. The molecule has 7 nitrogen and oxygen atoms in total.